The van der Waals surface area contributed by atoms with Crippen molar-refractivity contribution in [1.29, 1.82) is 5.26 Å². The number of hydrogen-bond acceptors (Lipinski definition) is 5. The van der Waals surface area contributed by atoms with E-state index in [1.165, 1.54) is 11.3 Å². The summed E-state index contributed by atoms with van der Waals surface area (Å²) in [7, 11) is 0. The molecule has 2 aromatic heterocycles. The quantitative estimate of drug-likeness (QED) is 0.698. The number of carbonyl (C=O) groups excluding carboxylic acids is 2. The third-order valence-electron chi connectivity index (χ3n) is 5.30. The largest absolute Gasteiger partial charge is 0.337 e. The molecule has 0 fully saturated rings. The fourth-order valence-corrected chi connectivity index (χ4v) is 4.82. The monoisotopic (exact) mass is 416 g/mol. The van der Waals surface area contributed by atoms with Gasteiger partial charge >= 0.3 is 0 Å². The van der Waals surface area contributed by atoms with Gasteiger partial charge in [0.05, 0.1) is 18.0 Å². The maximum Gasteiger partial charge on any atom is 0.256 e. The molecule has 0 saturated carbocycles. The van der Waals surface area contributed by atoms with Crippen LogP contribution in [0.1, 0.15) is 44.8 Å². The molecule has 1 aromatic carbocycles. The molecule has 0 spiro atoms. The Hall–Kier alpha value is -3.50. The van der Waals surface area contributed by atoms with E-state index in [-0.39, 0.29) is 17.7 Å². The fraction of sp³-hybridized carbons (Fsp3) is 0.217. The van der Waals surface area contributed by atoms with Crippen LogP contribution in [-0.4, -0.2) is 28.2 Å². The number of nitriles is 1. The Morgan fingerprint density at radius 1 is 1.23 bits per heavy atom. The maximum absolute atomic E-state index is 13.0. The van der Waals surface area contributed by atoms with Crippen molar-refractivity contribution in [3.05, 3.63) is 82.0 Å². The molecule has 6 nitrogen and oxygen atoms in total. The van der Waals surface area contributed by atoms with E-state index in [4.69, 9.17) is 0 Å². The van der Waals surface area contributed by atoms with Gasteiger partial charge in [-0.2, -0.15) is 5.26 Å². The van der Waals surface area contributed by atoms with Crippen molar-refractivity contribution >= 4 is 28.2 Å². The van der Waals surface area contributed by atoms with E-state index in [1.54, 1.807) is 36.7 Å². The van der Waals surface area contributed by atoms with Crippen LogP contribution in [0.15, 0.2) is 54.9 Å². The van der Waals surface area contributed by atoms with Crippen LogP contribution in [0.3, 0.4) is 0 Å². The van der Waals surface area contributed by atoms with Gasteiger partial charge < -0.3 is 10.2 Å². The van der Waals surface area contributed by atoms with Gasteiger partial charge in [-0.05, 0) is 42.7 Å². The highest BCUT2D eigenvalue weighted by molar-refractivity contribution is 7.16. The SMILES string of the molecule is CC(C(=O)N1CCc2c(sc(NC(=O)c3ccccc3)c2C#N)C1)c1cccnc1. The molecule has 0 aliphatic carbocycles. The van der Waals surface area contributed by atoms with Crippen LogP contribution in [0.5, 0.6) is 0 Å². The molecule has 1 unspecified atom stereocenters. The number of fused-ring (bicyclic) bond motifs is 1. The lowest BCUT2D eigenvalue weighted by molar-refractivity contribution is -0.133. The second-order valence-electron chi connectivity index (χ2n) is 7.16. The first-order chi connectivity index (χ1) is 14.6. The van der Waals surface area contributed by atoms with Gasteiger partial charge in [0, 0.05) is 29.4 Å². The van der Waals surface area contributed by atoms with E-state index in [0.717, 1.165) is 16.0 Å². The normalized spacial score (nSPS) is 13.8. The van der Waals surface area contributed by atoms with Gasteiger partial charge in [-0.1, -0.05) is 24.3 Å². The molecule has 1 aliphatic heterocycles. The number of carbonyl (C=O) groups is 2. The summed E-state index contributed by atoms with van der Waals surface area (Å²) in [4.78, 5) is 32.4. The van der Waals surface area contributed by atoms with E-state index in [1.807, 2.05) is 30.0 Å². The summed E-state index contributed by atoms with van der Waals surface area (Å²) in [5.74, 6) is -0.493. The highest BCUT2D eigenvalue weighted by Crippen LogP contribution is 2.37. The first-order valence-electron chi connectivity index (χ1n) is 9.68. The van der Waals surface area contributed by atoms with Crippen molar-refractivity contribution < 1.29 is 9.59 Å². The number of thiophene rings is 1. The third kappa shape index (κ3) is 3.82. The number of anilines is 1. The van der Waals surface area contributed by atoms with Gasteiger partial charge in [0.15, 0.2) is 0 Å². The molecule has 0 radical (unpaired) electrons. The van der Waals surface area contributed by atoms with Gasteiger partial charge in [-0.3, -0.25) is 14.6 Å². The lowest BCUT2D eigenvalue weighted by atomic mass is 9.98. The molecule has 150 valence electrons. The average Bonchev–Trinajstić information content (AvgIpc) is 3.15. The number of rotatable bonds is 4. The predicted octanol–water partition coefficient (Wildman–Crippen LogP) is 3.96. The zero-order valence-electron chi connectivity index (χ0n) is 16.5. The summed E-state index contributed by atoms with van der Waals surface area (Å²) in [6, 6.07) is 14.9. The van der Waals surface area contributed by atoms with Crippen molar-refractivity contribution in [2.24, 2.45) is 0 Å². The predicted molar refractivity (Wildman–Crippen MR) is 115 cm³/mol. The van der Waals surface area contributed by atoms with Crippen LogP contribution in [0.4, 0.5) is 5.00 Å². The molecular weight excluding hydrogens is 396 g/mol. The first kappa shape index (κ1) is 19.8. The van der Waals surface area contributed by atoms with E-state index in [2.05, 4.69) is 16.4 Å². The topological polar surface area (TPSA) is 86.1 Å². The summed E-state index contributed by atoms with van der Waals surface area (Å²) >= 11 is 1.38. The minimum Gasteiger partial charge on any atom is -0.337 e. The van der Waals surface area contributed by atoms with Crippen molar-refractivity contribution in [1.82, 2.24) is 9.88 Å². The number of amides is 2. The molecule has 0 saturated heterocycles. The van der Waals surface area contributed by atoms with Gasteiger partial charge in [-0.15, -0.1) is 11.3 Å². The molecule has 1 atom stereocenters. The van der Waals surface area contributed by atoms with Crippen molar-refractivity contribution in [3.63, 3.8) is 0 Å². The number of aromatic nitrogens is 1. The molecule has 3 aromatic rings. The lowest BCUT2D eigenvalue weighted by Gasteiger charge is -2.29. The van der Waals surface area contributed by atoms with Crippen LogP contribution in [0.2, 0.25) is 0 Å². The van der Waals surface area contributed by atoms with Crippen molar-refractivity contribution in [2.75, 3.05) is 11.9 Å². The molecule has 1 aliphatic rings. The zero-order chi connectivity index (χ0) is 21.1. The van der Waals surface area contributed by atoms with Crippen LogP contribution in [0, 0.1) is 11.3 Å². The second-order valence-corrected chi connectivity index (χ2v) is 8.26. The molecule has 30 heavy (non-hydrogen) atoms. The van der Waals surface area contributed by atoms with Gasteiger partial charge in [0.25, 0.3) is 5.91 Å². The van der Waals surface area contributed by atoms with Crippen LogP contribution in [-0.2, 0) is 17.8 Å². The summed E-state index contributed by atoms with van der Waals surface area (Å²) in [5.41, 5.74) is 2.86. The number of pyridine rings is 1. The minimum absolute atomic E-state index is 0.0374. The van der Waals surface area contributed by atoms with Crippen molar-refractivity contribution in [2.45, 2.75) is 25.8 Å². The Kier molecular flexibility index (Phi) is 5.59. The molecule has 0 bridgehead atoms. The Morgan fingerprint density at radius 2 is 2.03 bits per heavy atom. The molecule has 3 heterocycles. The van der Waals surface area contributed by atoms with Gasteiger partial charge in [-0.25, -0.2) is 0 Å². The Labute approximate surface area is 178 Å². The number of nitrogens with zero attached hydrogens (tertiary/aromatic N) is 3. The summed E-state index contributed by atoms with van der Waals surface area (Å²) < 4.78 is 0. The zero-order valence-corrected chi connectivity index (χ0v) is 17.3. The van der Waals surface area contributed by atoms with E-state index < -0.39 is 0 Å². The third-order valence-corrected chi connectivity index (χ3v) is 6.43. The molecule has 4 rings (SSSR count). The molecule has 2 amide bonds. The van der Waals surface area contributed by atoms with Crippen LogP contribution >= 0.6 is 11.3 Å². The fourth-order valence-electron chi connectivity index (χ4n) is 3.61. The first-order valence-corrected chi connectivity index (χ1v) is 10.5. The minimum atomic E-state index is -0.284. The molecule has 1 N–H and O–H groups in total. The van der Waals surface area contributed by atoms with Gasteiger partial charge in [0.1, 0.15) is 11.1 Å². The van der Waals surface area contributed by atoms with Crippen LogP contribution < -0.4 is 5.32 Å². The summed E-state index contributed by atoms with van der Waals surface area (Å²) in [6.45, 7) is 2.88. The lowest BCUT2D eigenvalue weighted by Crippen LogP contribution is -2.38. The molecular formula is C23H20N4O2S. The maximum atomic E-state index is 13.0. The number of nitrogens with one attached hydrogen (secondary N) is 1. The van der Waals surface area contributed by atoms with Crippen molar-refractivity contribution in [3.8, 4) is 6.07 Å². The second kappa shape index (κ2) is 8.47. The van der Waals surface area contributed by atoms with Gasteiger partial charge in [0.2, 0.25) is 5.91 Å². The number of hydrogen-bond donors (Lipinski definition) is 1. The number of benzene rings is 1. The average molecular weight is 417 g/mol. The van der Waals surface area contributed by atoms with Crippen LogP contribution in [0.25, 0.3) is 0 Å². The van der Waals surface area contributed by atoms with E-state index in [0.29, 0.717) is 35.6 Å². The summed E-state index contributed by atoms with van der Waals surface area (Å²) in [6.07, 6.45) is 4.00. The Morgan fingerprint density at radius 3 is 2.73 bits per heavy atom. The smallest absolute Gasteiger partial charge is 0.256 e. The summed E-state index contributed by atoms with van der Waals surface area (Å²) in [5, 5.41) is 13.1. The Bertz CT molecular complexity index is 1120. The standard InChI is InChI=1S/C23H20N4O2S/c1-15(17-8-5-10-25-13-17)23(29)27-11-9-18-19(12-24)22(30-20(18)14-27)26-21(28)16-6-3-2-4-7-16/h2-8,10,13,15H,9,11,14H2,1H3,(H,26,28). The Balaban J connectivity index is 1.54. The van der Waals surface area contributed by atoms with E-state index >= 15 is 0 Å². The van der Waals surface area contributed by atoms with E-state index in [9.17, 15) is 14.9 Å². The highest BCUT2D eigenvalue weighted by atomic mass is 32.1. The highest BCUT2D eigenvalue weighted by Gasteiger charge is 2.30. The molecule has 7 heteroatoms.